The minimum atomic E-state index is -0.723. The van der Waals surface area contributed by atoms with Gasteiger partial charge in [-0.3, -0.25) is 9.36 Å². The number of oxazole rings is 1. The minimum absolute atomic E-state index is 0.304. The van der Waals surface area contributed by atoms with E-state index in [1.54, 1.807) is 31.2 Å². The first-order valence-electron chi connectivity index (χ1n) is 9.42. The summed E-state index contributed by atoms with van der Waals surface area (Å²) in [6.07, 6.45) is 0. The number of hydrogen-bond donors (Lipinski definition) is 1. The number of amides is 1. The van der Waals surface area contributed by atoms with Gasteiger partial charge in [-0.25, -0.2) is 14.8 Å². The van der Waals surface area contributed by atoms with E-state index in [1.807, 2.05) is 44.2 Å². The summed E-state index contributed by atoms with van der Waals surface area (Å²) in [5.41, 5.74) is 3.52. The van der Waals surface area contributed by atoms with E-state index in [0.717, 1.165) is 16.3 Å². The molecular weight excluding hydrogens is 400 g/mol. The molecule has 0 bridgehead atoms. The quantitative estimate of drug-likeness (QED) is 0.483. The molecule has 8 heteroatoms. The summed E-state index contributed by atoms with van der Waals surface area (Å²) in [4.78, 5) is 34.7. The van der Waals surface area contributed by atoms with E-state index in [1.165, 1.54) is 16.3 Å². The van der Waals surface area contributed by atoms with E-state index in [9.17, 15) is 9.59 Å². The lowest BCUT2D eigenvalue weighted by molar-refractivity contribution is -0.118. The molecule has 0 unspecified atom stereocenters. The zero-order chi connectivity index (χ0) is 21.3. The summed E-state index contributed by atoms with van der Waals surface area (Å²) in [6, 6.07) is 15.7. The summed E-state index contributed by atoms with van der Waals surface area (Å²) >= 11 is 1.46. The fraction of sp³-hybridized carbons (Fsp3) is 0.182. The maximum Gasteiger partial charge on any atom is 0.420 e. The van der Waals surface area contributed by atoms with Crippen molar-refractivity contribution in [2.75, 3.05) is 5.32 Å². The Balaban J connectivity index is 1.48. The van der Waals surface area contributed by atoms with Gasteiger partial charge in [-0.05, 0) is 75.0 Å². The van der Waals surface area contributed by atoms with Gasteiger partial charge in [0.25, 0.3) is 0 Å². The molecule has 0 fully saturated rings. The molecule has 0 radical (unpaired) electrons. The van der Waals surface area contributed by atoms with Crippen LogP contribution in [0.15, 0.2) is 73.9 Å². The number of rotatable bonds is 5. The monoisotopic (exact) mass is 420 g/mol. The van der Waals surface area contributed by atoms with Crippen LogP contribution in [0.4, 0.5) is 5.69 Å². The Kier molecular flexibility index (Phi) is 5.41. The van der Waals surface area contributed by atoms with Crippen LogP contribution in [0, 0.1) is 13.8 Å². The number of para-hydroxylation sites is 2. The number of fused-ring (bicyclic) bond motifs is 1. The van der Waals surface area contributed by atoms with E-state index in [0.29, 0.717) is 21.9 Å². The van der Waals surface area contributed by atoms with Gasteiger partial charge in [0.05, 0.1) is 5.52 Å². The molecule has 2 aromatic carbocycles. The van der Waals surface area contributed by atoms with E-state index < -0.39 is 11.8 Å². The number of carbonyl (C=O) groups excluding carboxylic acids is 1. The van der Waals surface area contributed by atoms with Crippen molar-refractivity contribution < 1.29 is 9.21 Å². The SMILES string of the molecule is Cc1cc(C)nc(Sc2ccc(NC(=O)[C@@H](C)n3c(=O)oc4ccccc43)cc2)n1. The van der Waals surface area contributed by atoms with Crippen molar-refractivity contribution in [1.82, 2.24) is 14.5 Å². The molecule has 0 saturated carbocycles. The molecule has 1 atom stereocenters. The molecule has 0 aliphatic carbocycles. The van der Waals surface area contributed by atoms with Gasteiger partial charge in [0.15, 0.2) is 10.7 Å². The van der Waals surface area contributed by atoms with Gasteiger partial charge in [-0.15, -0.1) is 0 Å². The number of hydrogen-bond acceptors (Lipinski definition) is 6. The van der Waals surface area contributed by atoms with Gasteiger partial charge < -0.3 is 9.73 Å². The van der Waals surface area contributed by atoms with Crippen molar-refractivity contribution in [2.45, 2.75) is 36.9 Å². The van der Waals surface area contributed by atoms with Crippen LogP contribution in [0.5, 0.6) is 0 Å². The van der Waals surface area contributed by atoms with Gasteiger partial charge in [-0.1, -0.05) is 12.1 Å². The van der Waals surface area contributed by atoms with Crippen molar-refractivity contribution in [3.05, 3.63) is 76.5 Å². The van der Waals surface area contributed by atoms with Crippen molar-refractivity contribution in [3.63, 3.8) is 0 Å². The second-order valence-corrected chi connectivity index (χ2v) is 7.97. The normalized spacial score (nSPS) is 12.1. The molecule has 1 N–H and O–H groups in total. The van der Waals surface area contributed by atoms with Gasteiger partial charge in [0.2, 0.25) is 5.91 Å². The molecule has 30 heavy (non-hydrogen) atoms. The number of nitrogens with one attached hydrogen (secondary N) is 1. The summed E-state index contributed by atoms with van der Waals surface area (Å²) in [6.45, 7) is 5.54. The van der Waals surface area contributed by atoms with Crippen LogP contribution in [0.3, 0.4) is 0 Å². The maximum absolute atomic E-state index is 12.7. The largest absolute Gasteiger partial charge is 0.420 e. The lowest BCUT2D eigenvalue weighted by atomic mass is 10.2. The topological polar surface area (TPSA) is 90.0 Å². The molecule has 2 aromatic heterocycles. The van der Waals surface area contributed by atoms with Crippen molar-refractivity contribution >= 4 is 34.5 Å². The Labute approximate surface area is 177 Å². The van der Waals surface area contributed by atoms with Gasteiger partial charge >= 0.3 is 5.76 Å². The average Bonchev–Trinajstić information content (AvgIpc) is 3.03. The molecular formula is C22H20N4O3S. The molecule has 0 spiro atoms. The first-order valence-corrected chi connectivity index (χ1v) is 10.2. The minimum Gasteiger partial charge on any atom is -0.408 e. The number of nitrogens with zero attached hydrogens (tertiary/aromatic N) is 3. The second kappa shape index (κ2) is 8.16. The van der Waals surface area contributed by atoms with Crippen LogP contribution < -0.4 is 11.1 Å². The van der Waals surface area contributed by atoms with Gasteiger partial charge in [0.1, 0.15) is 6.04 Å². The fourth-order valence-corrected chi connectivity index (χ4v) is 4.03. The number of aryl methyl sites for hydroxylation is 2. The Hall–Kier alpha value is -3.39. The zero-order valence-electron chi connectivity index (χ0n) is 16.7. The summed E-state index contributed by atoms with van der Waals surface area (Å²) in [7, 11) is 0. The first-order chi connectivity index (χ1) is 14.4. The number of aromatic nitrogens is 3. The third kappa shape index (κ3) is 4.13. The van der Waals surface area contributed by atoms with Crippen LogP contribution in [-0.2, 0) is 4.79 Å². The third-order valence-corrected chi connectivity index (χ3v) is 5.45. The molecule has 1 amide bonds. The van der Waals surface area contributed by atoms with Gasteiger partial charge in [0, 0.05) is 22.0 Å². The fourth-order valence-electron chi connectivity index (χ4n) is 3.17. The summed E-state index contributed by atoms with van der Waals surface area (Å²) in [5, 5.41) is 3.53. The second-order valence-electron chi connectivity index (χ2n) is 6.93. The molecule has 7 nitrogen and oxygen atoms in total. The van der Waals surface area contributed by atoms with E-state index in [2.05, 4.69) is 15.3 Å². The smallest absolute Gasteiger partial charge is 0.408 e. The Morgan fingerprint density at radius 1 is 1.07 bits per heavy atom. The molecule has 0 aliphatic heterocycles. The van der Waals surface area contributed by atoms with Crippen LogP contribution in [0.2, 0.25) is 0 Å². The highest BCUT2D eigenvalue weighted by atomic mass is 32.2. The van der Waals surface area contributed by atoms with Crippen molar-refractivity contribution in [2.24, 2.45) is 0 Å². The van der Waals surface area contributed by atoms with Crippen LogP contribution in [0.1, 0.15) is 24.4 Å². The molecule has 2 heterocycles. The molecule has 0 aliphatic rings. The maximum atomic E-state index is 12.7. The van der Waals surface area contributed by atoms with E-state index in [4.69, 9.17) is 4.42 Å². The Bertz CT molecular complexity index is 1260. The lowest BCUT2D eigenvalue weighted by Crippen LogP contribution is -2.29. The number of carbonyl (C=O) groups is 1. The molecule has 4 rings (SSSR count). The first kappa shape index (κ1) is 19.9. The van der Waals surface area contributed by atoms with E-state index in [-0.39, 0.29) is 5.91 Å². The number of benzene rings is 2. The standard InChI is InChI=1S/C22H20N4O3S/c1-13-12-14(2)24-21(23-13)30-17-10-8-16(9-11-17)25-20(27)15(3)26-18-6-4-5-7-19(18)29-22(26)28/h4-12,15H,1-3H3,(H,25,27)/t15-/m1/s1. The van der Waals surface area contributed by atoms with Crippen molar-refractivity contribution in [1.29, 1.82) is 0 Å². The zero-order valence-corrected chi connectivity index (χ0v) is 17.6. The highest BCUT2D eigenvalue weighted by Crippen LogP contribution is 2.26. The predicted molar refractivity (Wildman–Crippen MR) is 116 cm³/mol. The van der Waals surface area contributed by atoms with Gasteiger partial charge in [-0.2, -0.15) is 0 Å². The van der Waals surface area contributed by atoms with Crippen LogP contribution in [-0.4, -0.2) is 20.4 Å². The Morgan fingerprint density at radius 2 is 1.73 bits per heavy atom. The molecule has 4 aromatic rings. The summed E-state index contributed by atoms with van der Waals surface area (Å²) in [5.74, 6) is -0.860. The predicted octanol–water partition coefficient (Wildman–Crippen LogP) is 4.35. The number of anilines is 1. The Morgan fingerprint density at radius 3 is 2.43 bits per heavy atom. The average molecular weight is 420 g/mol. The summed E-state index contributed by atoms with van der Waals surface area (Å²) < 4.78 is 6.58. The van der Waals surface area contributed by atoms with Crippen LogP contribution >= 0.6 is 11.8 Å². The highest BCUT2D eigenvalue weighted by molar-refractivity contribution is 7.99. The van der Waals surface area contributed by atoms with Crippen molar-refractivity contribution in [3.8, 4) is 0 Å². The highest BCUT2D eigenvalue weighted by Gasteiger charge is 2.21. The molecule has 152 valence electrons. The van der Waals surface area contributed by atoms with E-state index >= 15 is 0 Å². The van der Waals surface area contributed by atoms with Crippen LogP contribution in [0.25, 0.3) is 11.1 Å². The lowest BCUT2D eigenvalue weighted by Gasteiger charge is -2.13. The third-order valence-electron chi connectivity index (χ3n) is 4.58. The molecule has 0 saturated heterocycles.